The fourth-order valence-electron chi connectivity index (χ4n) is 3.86. The van der Waals surface area contributed by atoms with E-state index in [0.29, 0.717) is 12.5 Å². The largest absolute Gasteiger partial charge is 0.391 e. The van der Waals surface area contributed by atoms with Gasteiger partial charge in [-0.25, -0.2) is 0 Å². The summed E-state index contributed by atoms with van der Waals surface area (Å²) in [6.45, 7) is 8.10. The molecule has 2 fully saturated rings. The van der Waals surface area contributed by atoms with Gasteiger partial charge < -0.3 is 15.7 Å². The Balaban J connectivity index is 2.22. The van der Waals surface area contributed by atoms with Crippen LogP contribution in [0.3, 0.4) is 0 Å². The Morgan fingerprint density at radius 3 is 2.52 bits per heavy atom. The fourth-order valence-corrected chi connectivity index (χ4v) is 3.86. The van der Waals surface area contributed by atoms with E-state index in [0.717, 1.165) is 32.4 Å². The SMILES string of the molecule is CC(C)CN1CCCC12CCN(C(C(N)=O)[C@@H](C)O)C2=O. The molecule has 0 aliphatic carbocycles. The molecule has 2 saturated heterocycles. The van der Waals surface area contributed by atoms with Crippen molar-refractivity contribution in [1.82, 2.24) is 9.80 Å². The maximum Gasteiger partial charge on any atom is 0.243 e. The summed E-state index contributed by atoms with van der Waals surface area (Å²) in [4.78, 5) is 28.3. The lowest BCUT2D eigenvalue weighted by molar-refractivity contribution is -0.145. The minimum atomic E-state index is -0.943. The van der Waals surface area contributed by atoms with Crippen LogP contribution in [0.2, 0.25) is 0 Å². The molecule has 0 aromatic carbocycles. The molecule has 2 heterocycles. The van der Waals surface area contributed by atoms with Crippen LogP contribution in [0.5, 0.6) is 0 Å². The first-order valence-corrected chi connectivity index (χ1v) is 7.83. The molecule has 6 nitrogen and oxygen atoms in total. The molecule has 2 rings (SSSR count). The molecule has 21 heavy (non-hydrogen) atoms. The van der Waals surface area contributed by atoms with Crippen molar-refractivity contribution in [2.24, 2.45) is 11.7 Å². The topological polar surface area (TPSA) is 86.9 Å². The molecule has 2 amide bonds. The average Bonchev–Trinajstić information content (AvgIpc) is 2.88. The first-order chi connectivity index (χ1) is 9.79. The number of carbonyl (C=O) groups excluding carboxylic acids is 2. The molecule has 0 saturated carbocycles. The fraction of sp³-hybridized carbons (Fsp3) is 0.867. The molecule has 1 spiro atoms. The first kappa shape index (κ1) is 16.2. The third-order valence-corrected chi connectivity index (χ3v) is 4.72. The quantitative estimate of drug-likeness (QED) is 0.744. The van der Waals surface area contributed by atoms with Crippen molar-refractivity contribution in [2.75, 3.05) is 19.6 Å². The summed E-state index contributed by atoms with van der Waals surface area (Å²) < 4.78 is 0. The summed E-state index contributed by atoms with van der Waals surface area (Å²) in [6.07, 6.45) is 1.61. The average molecular weight is 297 g/mol. The van der Waals surface area contributed by atoms with Gasteiger partial charge in [-0.15, -0.1) is 0 Å². The highest BCUT2D eigenvalue weighted by molar-refractivity contribution is 5.93. The predicted octanol–water partition coefficient (Wildman–Crippen LogP) is -0.0560. The van der Waals surface area contributed by atoms with Crippen LogP contribution in [0.4, 0.5) is 0 Å². The Morgan fingerprint density at radius 2 is 2.00 bits per heavy atom. The molecule has 120 valence electrons. The third-order valence-electron chi connectivity index (χ3n) is 4.72. The van der Waals surface area contributed by atoms with Crippen molar-refractivity contribution in [1.29, 1.82) is 0 Å². The normalized spacial score (nSPS) is 29.6. The van der Waals surface area contributed by atoms with Gasteiger partial charge in [0.1, 0.15) is 11.6 Å². The van der Waals surface area contributed by atoms with Gasteiger partial charge in [-0.3, -0.25) is 14.5 Å². The number of nitrogens with zero attached hydrogens (tertiary/aromatic N) is 2. The highest BCUT2D eigenvalue weighted by Crippen LogP contribution is 2.40. The second-order valence-corrected chi connectivity index (χ2v) is 6.81. The summed E-state index contributed by atoms with van der Waals surface area (Å²) in [5.74, 6) is -0.181. The molecule has 3 atom stereocenters. The van der Waals surface area contributed by atoms with Gasteiger partial charge in [-0.05, 0) is 38.6 Å². The van der Waals surface area contributed by atoms with Crippen molar-refractivity contribution < 1.29 is 14.7 Å². The summed E-state index contributed by atoms with van der Waals surface area (Å²) in [5, 5.41) is 9.79. The Kier molecular flexibility index (Phi) is 4.58. The summed E-state index contributed by atoms with van der Waals surface area (Å²) in [7, 11) is 0. The molecule has 0 radical (unpaired) electrons. The van der Waals surface area contributed by atoms with E-state index in [-0.39, 0.29) is 5.91 Å². The molecular weight excluding hydrogens is 270 g/mol. The van der Waals surface area contributed by atoms with E-state index in [1.54, 1.807) is 0 Å². The summed E-state index contributed by atoms with van der Waals surface area (Å²) in [5.41, 5.74) is 4.90. The minimum Gasteiger partial charge on any atom is -0.391 e. The number of carbonyl (C=O) groups is 2. The van der Waals surface area contributed by atoms with Gasteiger partial charge in [-0.1, -0.05) is 13.8 Å². The van der Waals surface area contributed by atoms with Crippen LogP contribution in [-0.4, -0.2) is 64.0 Å². The zero-order valence-corrected chi connectivity index (χ0v) is 13.2. The second-order valence-electron chi connectivity index (χ2n) is 6.81. The van der Waals surface area contributed by atoms with Gasteiger partial charge in [0, 0.05) is 13.1 Å². The van der Waals surface area contributed by atoms with E-state index in [1.807, 2.05) is 0 Å². The first-order valence-electron chi connectivity index (χ1n) is 7.83. The standard InChI is InChI=1S/C15H27N3O3/c1-10(2)9-17-7-4-5-15(17)6-8-18(14(15)21)12(11(3)19)13(16)20/h10-12,19H,4-9H2,1-3H3,(H2,16,20)/t11-,12?,15?/m1/s1. The molecule has 2 aliphatic rings. The van der Waals surface area contributed by atoms with E-state index < -0.39 is 23.6 Å². The van der Waals surface area contributed by atoms with Crippen LogP contribution >= 0.6 is 0 Å². The number of aliphatic hydroxyl groups excluding tert-OH is 1. The van der Waals surface area contributed by atoms with Crippen molar-refractivity contribution in [3.63, 3.8) is 0 Å². The molecule has 0 aromatic heterocycles. The van der Waals surface area contributed by atoms with E-state index in [2.05, 4.69) is 18.7 Å². The molecule has 2 unspecified atom stereocenters. The molecule has 0 aromatic rings. The van der Waals surface area contributed by atoms with Crippen LogP contribution < -0.4 is 5.73 Å². The minimum absolute atomic E-state index is 0.0367. The smallest absolute Gasteiger partial charge is 0.243 e. The van der Waals surface area contributed by atoms with E-state index in [1.165, 1.54) is 11.8 Å². The van der Waals surface area contributed by atoms with Crippen molar-refractivity contribution in [2.45, 2.75) is 57.7 Å². The number of aliphatic hydroxyl groups is 1. The molecule has 0 bridgehead atoms. The van der Waals surface area contributed by atoms with Crippen LogP contribution in [-0.2, 0) is 9.59 Å². The third kappa shape index (κ3) is 2.79. The van der Waals surface area contributed by atoms with Crippen LogP contribution in [0, 0.1) is 5.92 Å². The summed E-state index contributed by atoms with van der Waals surface area (Å²) in [6, 6.07) is -0.918. The number of primary amides is 1. The van der Waals surface area contributed by atoms with Gasteiger partial charge in [0.25, 0.3) is 0 Å². The van der Waals surface area contributed by atoms with Crippen molar-refractivity contribution >= 4 is 11.8 Å². The van der Waals surface area contributed by atoms with E-state index in [4.69, 9.17) is 5.73 Å². The highest BCUT2D eigenvalue weighted by Gasteiger charge is 2.55. The van der Waals surface area contributed by atoms with Gasteiger partial charge in [0.15, 0.2) is 0 Å². The number of hydrogen-bond donors (Lipinski definition) is 2. The summed E-state index contributed by atoms with van der Waals surface area (Å²) >= 11 is 0. The Labute approximate surface area is 126 Å². The molecule has 6 heteroatoms. The van der Waals surface area contributed by atoms with Crippen LogP contribution in [0.15, 0.2) is 0 Å². The predicted molar refractivity (Wildman–Crippen MR) is 79.4 cm³/mol. The van der Waals surface area contributed by atoms with Gasteiger partial charge >= 0.3 is 0 Å². The zero-order valence-electron chi connectivity index (χ0n) is 13.2. The number of nitrogens with two attached hydrogens (primary N) is 1. The number of amides is 2. The number of rotatable bonds is 5. The Morgan fingerprint density at radius 1 is 1.33 bits per heavy atom. The zero-order chi connectivity index (χ0) is 15.8. The van der Waals surface area contributed by atoms with E-state index >= 15 is 0 Å². The van der Waals surface area contributed by atoms with E-state index in [9.17, 15) is 14.7 Å². The molecule has 3 N–H and O–H groups in total. The Hall–Kier alpha value is -1.14. The van der Waals surface area contributed by atoms with Gasteiger partial charge in [0.05, 0.1) is 6.10 Å². The molecule has 2 aliphatic heterocycles. The Bertz CT molecular complexity index is 424. The van der Waals surface area contributed by atoms with Gasteiger partial charge in [-0.2, -0.15) is 0 Å². The number of likely N-dealkylation sites (tertiary alicyclic amines) is 2. The van der Waals surface area contributed by atoms with Gasteiger partial charge in [0.2, 0.25) is 11.8 Å². The van der Waals surface area contributed by atoms with Crippen LogP contribution in [0.25, 0.3) is 0 Å². The van der Waals surface area contributed by atoms with Crippen molar-refractivity contribution in [3.05, 3.63) is 0 Å². The van der Waals surface area contributed by atoms with Crippen molar-refractivity contribution in [3.8, 4) is 0 Å². The lowest BCUT2D eigenvalue weighted by Crippen LogP contribution is -2.57. The lowest BCUT2D eigenvalue weighted by Gasteiger charge is -2.36. The second kappa shape index (κ2) is 5.93. The molecular formula is C15H27N3O3. The maximum atomic E-state index is 12.9. The monoisotopic (exact) mass is 297 g/mol. The maximum absolute atomic E-state index is 12.9. The van der Waals surface area contributed by atoms with Crippen LogP contribution in [0.1, 0.15) is 40.0 Å². The number of hydrogen-bond acceptors (Lipinski definition) is 4. The highest BCUT2D eigenvalue weighted by atomic mass is 16.3. The lowest BCUT2D eigenvalue weighted by atomic mass is 9.93.